The van der Waals surface area contributed by atoms with Gasteiger partial charge in [-0.25, -0.2) is 0 Å². The van der Waals surface area contributed by atoms with E-state index in [4.69, 9.17) is 4.74 Å². The molecule has 1 rings (SSSR count). The molecule has 0 heterocycles. The first-order valence-electron chi connectivity index (χ1n) is 5.98. The molecule has 0 saturated carbocycles. The summed E-state index contributed by atoms with van der Waals surface area (Å²) in [5, 5.41) is 6.49. The number of halogens is 2. The lowest BCUT2D eigenvalue weighted by Crippen LogP contribution is -2.37. The summed E-state index contributed by atoms with van der Waals surface area (Å²) in [6, 6.07) is 5.95. The van der Waals surface area contributed by atoms with E-state index in [0.29, 0.717) is 6.54 Å². The number of nitrogens with zero attached hydrogens (tertiary/aromatic N) is 1. The molecule has 4 nitrogen and oxygen atoms in total. The number of ether oxygens (including phenoxy) is 1. The Bertz CT molecular complexity index is 413. The van der Waals surface area contributed by atoms with Gasteiger partial charge in [-0.1, -0.05) is 22.9 Å². The summed E-state index contributed by atoms with van der Waals surface area (Å²) in [5.74, 6) is 1.68. The van der Waals surface area contributed by atoms with Gasteiger partial charge >= 0.3 is 0 Å². The number of nitrogens with one attached hydrogen (secondary N) is 2. The normalized spacial score (nSPS) is 10.6. The average molecular weight is 442 g/mol. The van der Waals surface area contributed by atoms with Crippen molar-refractivity contribution in [2.45, 2.75) is 19.9 Å². The summed E-state index contributed by atoms with van der Waals surface area (Å²) in [7, 11) is 3.44. The van der Waals surface area contributed by atoms with E-state index < -0.39 is 0 Å². The van der Waals surface area contributed by atoms with Gasteiger partial charge in [0.05, 0.1) is 7.11 Å². The molecule has 0 atom stereocenters. The van der Waals surface area contributed by atoms with Crippen molar-refractivity contribution in [3.8, 4) is 5.75 Å². The fourth-order valence-corrected chi connectivity index (χ4v) is 1.94. The van der Waals surface area contributed by atoms with Crippen LogP contribution in [0.2, 0.25) is 0 Å². The second-order valence-electron chi connectivity index (χ2n) is 3.81. The second kappa shape index (κ2) is 10.3. The lowest BCUT2D eigenvalue weighted by molar-refractivity contribution is 0.409. The van der Waals surface area contributed by atoms with Crippen LogP contribution in [0.4, 0.5) is 0 Å². The van der Waals surface area contributed by atoms with E-state index in [0.717, 1.165) is 34.7 Å². The first-order valence-corrected chi connectivity index (χ1v) is 6.77. The molecule has 0 unspecified atom stereocenters. The monoisotopic (exact) mass is 441 g/mol. The average Bonchev–Trinajstić information content (AvgIpc) is 2.39. The van der Waals surface area contributed by atoms with Crippen molar-refractivity contribution in [2.24, 2.45) is 4.99 Å². The van der Waals surface area contributed by atoms with Crippen LogP contribution in [0, 0.1) is 0 Å². The predicted octanol–water partition coefficient (Wildman–Crippen LogP) is 3.15. The maximum atomic E-state index is 5.33. The minimum absolute atomic E-state index is 0. The fraction of sp³-hybridized carbons (Fsp3) is 0.462. The Morgan fingerprint density at radius 3 is 2.68 bits per heavy atom. The summed E-state index contributed by atoms with van der Waals surface area (Å²) < 4.78 is 6.36. The van der Waals surface area contributed by atoms with Crippen molar-refractivity contribution < 1.29 is 4.74 Å². The minimum atomic E-state index is 0. The van der Waals surface area contributed by atoms with E-state index in [1.54, 1.807) is 14.2 Å². The molecule has 0 aliphatic carbocycles. The van der Waals surface area contributed by atoms with Crippen molar-refractivity contribution >= 4 is 45.9 Å². The zero-order valence-electron chi connectivity index (χ0n) is 11.5. The number of hydrogen-bond acceptors (Lipinski definition) is 2. The molecule has 0 aromatic heterocycles. The molecule has 2 N–H and O–H groups in total. The van der Waals surface area contributed by atoms with Crippen LogP contribution < -0.4 is 15.4 Å². The van der Waals surface area contributed by atoms with Crippen LogP contribution in [-0.2, 0) is 6.54 Å². The van der Waals surface area contributed by atoms with E-state index in [2.05, 4.69) is 38.5 Å². The molecule has 108 valence electrons. The molecule has 0 saturated heterocycles. The van der Waals surface area contributed by atoms with Gasteiger partial charge in [0.25, 0.3) is 0 Å². The molecule has 0 aliphatic heterocycles. The minimum Gasteiger partial charge on any atom is -0.496 e. The molecule has 0 fully saturated rings. The fourth-order valence-electron chi connectivity index (χ4n) is 1.53. The van der Waals surface area contributed by atoms with Crippen LogP contribution in [0.15, 0.2) is 27.7 Å². The molecule has 1 aromatic carbocycles. The zero-order chi connectivity index (χ0) is 13.4. The van der Waals surface area contributed by atoms with Crippen molar-refractivity contribution in [3.05, 3.63) is 28.2 Å². The van der Waals surface area contributed by atoms with Crippen LogP contribution in [-0.4, -0.2) is 26.7 Å². The van der Waals surface area contributed by atoms with Gasteiger partial charge in [-0.15, -0.1) is 24.0 Å². The van der Waals surface area contributed by atoms with Crippen molar-refractivity contribution in [1.29, 1.82) is 0 Å². The second-order valence-corrected chi connectivity index (χ2v) is 4.72. The van der Waals surface area contributed by atoms with Crippen LogP contribution in [0.3, 0.4) is 0 Å². The Balaban J connectivity index is 0.00000324. The maximum Gasteiger partial charge on any atom is 0.191 e. The Labute approximate surface area is 140 Å². The highest BCUT2D eigenvalue weighted by atomic mass is 127. The molecule has 0 radical (unpaired) electrons. The standard InChI is InChI=1S/C13H20BrN3O.HI/c1-4-7-16-13(15-2)17-9-10-8-11(14)5-6-12(10)18-3;/h5-6,8H,4,7,9H2,1-3H3,(H2,15,16,17);1H. The molecule has 0 bridgehead atoms. The first kappa shape index (κ1) is 18.5. The van der Waals surface area contributed by atoms with Gasteiger partial charge in [0.2, 0.25) is 0 Å². The molecule has 0 aliphatic rings. The van der Waals surface area contributed by atoms with E-state index in [1.165, 1.54) is 0 Å². The predicted molar refractivity (Wildman–Crippen MR) is 94.6 cm³/mol. The number of benzene rings is 1. The third-order valence-electron chi connectivity index (χ3n) is 2.45. The van der Waals surface area contributed by atoms with Gasteiger partial charge in [-0.2, -0.15) is 0 Å². The van der Waals surface area contributed by atoms with E-state index >= 15 is 0 Å². The SMILES string of the molecule is CCCNC(=NC)NCc1cc(Br)ccc1OC.I. The molecular weight excluding hydrogens is 421 g/mol. The molecule has 1 aromatic rings. The highest BCUT2D eigenvalue weighted by molar-refractivity contribution is 14.0. The molecule has 6 heteroatoms. The maximum absolute atomic E-state index is 5.33. The summed E-state index contributed by atoms with van der Waals surface area (Å²) >= 11 is 3.46. The summed E-state index contributed by atoms with van der Waals surface area (Å²) in [6.07, 6.45) is 1.07. The highest BCUT2D eigenvalue weighted by Gasteiger charge is 2.04. The topological polar surface area (TPSA) is 45.7 Å². The Morgan fingerprint density at radius 2 is 2.11 bits per heavy atom. The quantitative estimate of drug-likeness (QED) is 0.419. The van der Waals surface area contributed by atoms with Gasteiger partial charge in [0, 0.05) is 30.2 Å². The number of hydrogen-bond donors (Lipinski definition) is 2. The number of methoxy groups -OCH3 is 1. The zero-order valence-corrected chi connectivity index (χ0v) is 15.4. The summed E-state index contributed by atoms with van der Waals surface area (Å²) in [4.78, 5) is 4.16. The number of guanidine groups is 1. The number of rotatable bonds is 5. The van der Waals surface area contributed by atoms with E-state index in [9.17, 15) is 0 Å². The van der Waals surface area contributed by atoms with E-state index in [-0.39, 0.29) is 24.0 Å². The lowest BCUT2D eigenvalue weighted by atomic mass is 10.2. The van der Waals surface area contributed by atoms with Crippen LogP contribution >= 0.6 is 39.9 Å². The van der Waals surface area contributed by atoms with Crippen molar-refractivity contribution in [3.63, 3.8) is 0 Å². The van der Waals surface area contributed by atoms with Crippen LogP contribution in [0.5, 0.6) is 5.75 Å². The van der Waals surface area contributed by atoms with Crippen molar-refractivity contribution in [2.75, 3.05) is 20.7 Å². The van der Waals surface area contributed by atoms with E-state index in [1.807, 2.05) is 18.2 Å². The first-order chi connectivity index (χ1) is 8.71. The van der Waals surface area contributed by atoms with Crippen molar-refractivity contribution in [1.82, 2.24) is 10.6 Å². The third-order valence-corrected chi connectivity index (χ3v) is 2.95. The van der Waals surface area contributed by atoms with Gasteiger partial charge < -0.3 is 15.4 Å². The molecular formula is C13H21BrIN3O. The molecule has 19 heavy (non-hydrogen) atoms. The van der Waals surface area contributed by atoms with Gasteiger partial charge in [0.15, 0.2) is 5.96 Å². The van der Waals surface area contributed by atoms with Crippen LogP contribution in [0.25, 0.3) is 0 Å². The Morgan fingerprint density at radius 1 is 1.37 bits per heavy atom. The van der Waals surface area contributed by atoms with Gasteiger partial charge in [0.1, 0.15) is 5.75 Å². The van der Waals surface area contributed by atoms with Gasteiger partial charge in [-0.05, 0) is 24.6 Å². The highest BCUT2D eigenvalue weighted by Crippen LogP contribution is 2.22. The van der Waals surface area contributed by atoms with Gasteiger partial charge in [-0.3, -0.25) is 4.99 Å². The lowest BCUT2D eigenvalue weighted by Gasteiger charge is -2.13. The Kier molecular flexibility index (Phi) is 10.0. The summed E-state index contributed by atoms with van der Waals surface area (Å²) in [6.45, 7) is 3.71. The largest absolute Gasteiger partial charge is 0.496 e. The smallest absolute Gasteiger partial charge is 0.191 e. The van der Waals surface area contributed by atoms with Crippen LogP contribution in [0.1, 0.15) is 18.9 Å². The number of aliphatic imine (C=N–C) groups is 1. The molecule has 0 amide bonds. The Hall–Kier alpha value is -0.500. The third kappa shape index (κ3) is 6.47. The summed E-state index contributed by atoms with van der Waals surface area (Å²) in [5.41, 5.74) is 1.09. The molecule has 0 spiro atoms.